The number of aliphatic hydroxyl groups is 1. The summed E-state index contributed by atoms with van der Waals surface area (Å²) in [5.74, 6) is 0.438. The second-order valence-corrected chi connectivity index (χ2v) is 6.54. The van der Waals surface area contributed by atoms with E-state index in [2.05, 4.69) is 10.5 Å². The molecule has 0 aromatic heterocycles. The van der Waals surface area contributed by atoms with E-state index in [1.54, 1.807) is 20.8 Å². The van der Waals surface area contributed by atoms with Crippen LogP contribution in [-0.4, -0.2) is 41.5 Å². The monoisotopic (exact) mass is 336 g/mol. The minimum absolute atomic E-state index is 0.286. The molecule has 0 saturated heterocycles. The molecular weight excluding hydrogens is 312 g/mol. The summed E-state index contributed by atoms with van der Waals surface area (Å²) in [7, 11) is 0. The van der Waals surface area contributed by atoms with Gasteiger partial charge in [-0.25, -0.2) is 4.79 Å². The predicted molar refractivity (Wildman–Crippen MR) is 88.4 cm³/mol. The second-order valence-electron chi connectivity index (χ2n) is 6.54. The van der Waals surface area contributed by atoms with Gasteiger partial charge in [-0.3, -0.25) is 0 Å². The topological polar surface area (TPSA) is 89.4 Å². The van der Waals surface area contributed by atoms with Crippen LogP contribution in [-0.2, 0) is 20.9 Å². The summed E-state index contributed by atoms with van der Waals surface area (Å²) in [6.07, 6.45) is -0.731. The average molecular weight is 336 g/mol. The van der Waals surface area contributed by atoms with Gasteiger partial charge >= 0.3 is 6.09 Å². The van der Waals surface area contributed by atoms with Gasteiger partial charge < -0.3 is 24.7 Å². The number of alkyl carbamates (subject to hydrolysis) is 1. The molecule has 0 aliphatic carbocycles. The number of hydrogen-bond donors (Lipinski definition) is 2. The third-order valence-corrected chi connectivity index (χ3v) is 3.26. The number of oxime groups is 1. The molecule has 7 nitrogen and oxygen atoms in total. The zero-order chi connectivity index (χ0) is 17.6. The number of ether oxygens (including phenoxy) is 2. The van der Waals surface area contributed by atoms with Crippen molar-refractivity contribution in [2.24, 2.45) is 5.16 Å². The molecule has 24 heavy (non-hydrogen) atoms. The van der Waals surface area contributed by atoms with Crippen molar-refractivity contribution in [2.75, 3.05) is 6.61 Å². The largest absolute Gasteiger partial charge is 0.474 e. The Kier molecular flexibility index (Phi) is 6.03. The van der Waals surface area contributed by atoms with Crippen LogP contribution in [0, 0.1) is 0 Å². The summed E-state index contributed by atoms with van der Waals surface area (Å²) in [6.45, 7) is 5.41. The van der Waals surface area contributed by atoms with E-state index in [1.807, 2.05) is 30.3 Å². The highest BCUT2D eigenvalue weighted by molar-refractivity contribution is 5.77. The van der Waals surface area contributed by atoms with Crippen molar-refractivity contribution in [3.8, 4) is 0 Å². The lowest BCUT2D eigenvalue weighted by Gasteiger charge is -2.24. The van der Waals surface area contributed by atoms with Crippen LogP contribution in [0.2, 0.25) is 0 Å². The Morgan fingerprint density at radius 2 is 2.12 bits per heavy atom. The van der Waals surface area contributed by atoms with Gasteiger partial charge in [0.15, 0.2) is 6.10 Å². The fourth-order valence-corrected chi connectivity index (χ4v) is 2.13. The first-order chi connectivity index (χ1) is 11.4. The van der Waals surface area contributed by atoms with E-state index in [9.17, 15) is 9.90 Å². The van der Waals surface area contributed by atoms with E-state index in [4.69, 9.17) is 14.3 Å². The third kappa shape index (κ3) is 5.73. The van der Waals surface area contributed by atoms with Crippen molar-refractivity contribution in [3.05, 3.63) is 35.9 Å². The molecule has 0 unspecified atom stereocenters. The van der Waals surface area contributed by atoms with Gasteiger partial charge in [0.25, 0.3) is 0 Å². The summed E-state index contributed by atoms with van der Waals surface area (Å²) >= 11 is 0. The zero-order valence-corrected chi connectivity index (χ0v) is 14.2. The number of carbonyl (C=O) groups excluding carboxylic acids is 1. The van der Waals surface area contributed by atoms with Gasteiger partial charge in [0, 0.05) is 0 Å². The molecule has 0 radical (unpaired) electrons. The first kappa shape index (κ1) is 18.1. The summed E-state index contributed by atoms with van der Waals surface area (Å²) in [4.78, 5) is 17.1. The van der Waals surface area contributed by atoms with Gasteiger partial charge in [-0.1, -0.05) is 35.5 Å². The van der Waals surface area contributed by atoms with Crippen molar-refractivity contribution in [3.63, 3.8) is 0 Å². The maximum absolute atomic E-state index is 11.8. The fourth-order valence-electron chi connectivity index (χ4n) is 2.13. The molecule has 2 atom stereocenters. The van der Waals surface area contributed by atoms with E-state index >= 15 is 0 Å². The molecule has 0 bridgehead atoms. The zero-order valence-electron chi connectivity index (χ0n) is 14.2. The minimum atomic E-state index is -0.624. The minimum Gasteiger partial charge on any atom is -0.474 e. The highest BCUT2D eigenvalue weighted by atomic mass is 16.7. The van der Waals surface area contributed by atoms with Gasteiger partial charge in [-0.2, -0.15) is 0 Å². The molecule has 132 valence electrons. The summed E-state index contributed by atoms with van der Waals surface area (Å²) < 4.78 is 10.8. The molecule has 0 spiro atoms. The number of nitrogens with zero attached hydrogens (tertiary/aromatic N) is 1. The van der Waals surface area contributed by atoms with Gasteiger partial charge in [0.1, 0.15) is 12.2 Å². The number of rotatable bonds is 5. The molecule has 1 aromatic rings. The van der Waals surface area contributed by atoms with Gasteiger partial charge in [0.2, 0.25) is 5.90 Å². The summed E-state index contributed by atoms with van der Waals surface area (Å²) in [5, 5.41) is 16.0. The Balaban J connectivity index is 1.80. The van der Waals surface area contributed by atoms with Crippen molar-refractivity contribution < 1.29 is 24.2 Å². The Bertz CT molecular complexity index is 568. The van der Waals surface area contributed by atoms with Crippen LogP contribution >= 0.6 is 0 Å². The second kappa shape index (κ2) is 8.01. The number of hydrogen-bond acceptors (Lipinski definition) is 6. The first-order valence-electron chi connectivity index (χ1n) is 7.87. The van der Waals surface area contributed by atoms with Gasteiger partial charge in [-0.05, 0) is 26.3 Å². The van der Waals surface area contributed by atoms with Crippen LogP contribution in [0.3, 0.4) is 0 Å². The predicted octanol–water partition coefficient (Wildman–Crippen LogP) is 2.19. The molecule has 1 aliphatic heterocycles. The van der Waals surface area contributed by atoms with E-state index in [0.29, 0.717) is 18.9 Å². The average Bonchev–Trinajstić information content (AvgIpc) is 2.98. The van der Waals surface area contributed by atoms with Gasteiger partial charge in [-0.15, -0.1) is 0 Å². The SMILES string of the molecule is CC(C)(C)OC(=O)N[C@@H](CO)[C@@H]1CC(OCc2ccccc2)=NO1. The molecule has 0 saturated carbocycles. The Labute approximate surface area is 141 Å². The number of carbonyl (C=O) groups is 1. The van der Waals surface area contributed by atoms with Crippen LogP contribution in [0.5, 0.6) is 0 Å². The molecule has 2 rings (SSSR count). The molecule has 1 aromatic carbocycles. The lowest BCUT2D eigenvalue weighted by molar-refractivity contribution is 0.0177. The van der Waals surface area contributed by atoms with Crippen LogP contribution in [0.1, 0.15) is 32.8 Å². The van der Waals surface area contributed by atoms with Crippen molar-refractivity contribution >= 4 is 12.0 Å². The smallest absolute Gasteiger partial charge is 0.408 e. The van der Waals surface area contributed by atoms with Gasteiger partial charge in [0.05, 0.1) is 19.1 Å². The Morgan fingerprint density at radius 3 is 2.75 bits per heavy atom. The molecule has 1 aliphatic rings. The fraction of sp³-hybridized carbons (Fsp3) is 0.529. The van der Waals surface area contributed by atoms with E-state index in [-0.39, 0.29) is 6.61 Å². The highest BCUT2D eigenvalue weighted by Gasteiger charge is 2.32. The summed E-state index contributed by atoms with van der Waals surface area (Å²) in [5.41, 5.74) is 0.412. The third-order valence-electron chi connectivity index (χ3n) is 3.26. The molecule has 1 heterocycles. The van der Waals surface area contributed by atoms with Crippen LogP contribution < -0.4 is 5.32 Å². The maximum Gasteiger partial charge on any atom is 0.408 e. The van der Waals surface area contributed by atoms with Crippen LogP contribution in [0.15, 0.2) is 35.5 Å². The van der Waals surface area contributed by atoms with E-state index < -0.39 is 23.8 Å². The quantitative estimate of drug-likeness (QED) is 0.860. The molecule has 7 heteroatoms. The highest BCUT2D eigenvalue weighted by Crippen LogP contribution is 2.17. The first-order valence-corrected chi connectivity index (χ1v) is 7.87. The molecular formula is C17H24N2O5. The Hall–Kier alpha value is -2.28. The lowest BCUT2D eigenvalue weighted by Crippen LogP contribution is -2.47. The number of amides is 1. The molecule has 0 fully saturated rings. The number of nitrogens with one attached hydrogen (secondary N) is 1. The normalized spacial score (nSPS) is 18.3. The van der Waals surface area contributed by atoms with Crippen molar-refractivity contribution in [1.29, 1.82) is 0 Å². The lowest BCUT2D eigenvalue weighted by atomic mass is 10.1. The molecule has 2 N–H and O–H groups in total. The van der Waals surface area contributed by atoms with Crippen molar-refractivity contribution in [1.82, 2.24) is 5.32 Å². The van der Waals surface area contributed by atoms with Crippen LogP contribution in [0.4, 0.5) is 4.79 Å². The standard InChI is InChI=1S/C17H24N2O5/c1-17(2,3)23-16(21)18-13(10-20)14-9-15(19-24-14)22-11-12-7-5-4-6-8-12/h4-8,13-14,20H,9-11H2,1-3H3,(H,18,21)/t13-,14-/m0/s1. The van der Waals surface area contributed by atoms with Crippen molar-refractivity contribution in [2.45, 2.75) is 51.5 Å². The van der Waals surface area contributed by atoms with E-state index in [1.165, 1.54) is 0 Å². The van der Waals surface area contributed by atoms with Crippen LogP contribution in [0.25, 0.3) is 0 Å². The Morgan fingerprint density at radius 1 is 1.42 bits per heavy atom. The van der Waals surface area contributed by atoms with E-state index in [0.717, 1.165) is 5.56 Å². The summed E-state index contributed by atoms with van der Waals surface area (Å²) in [6, 6.07) is 9.08. The number of aliphatic hydroxyl groups excluding tert-OH is 1. The maximum atomic E-state index is 11.8. The molecule has 1 amide bonds. The number of benzene rings is 1.